The Labute approximate surface area is 159 Å². The summed E-state index contributed by atoms with van der Waals surface area (Å²) in [6, 6.07) is 7.86. The van der Waals surface area contributed by atoms with E-state index in [0.29, 0.717) is 10.8 Å². The monoisotopic (exact) mass is 366 g/mol. The Morgan fingerprint density at radius 1 is 1.31 bits per heavy atom. The van der Waals surface area contributed by atoms with Gasteiger partial charge >= 0.3 is 0 Å². The van der Waals surface area contributed by atoms with Crippen molar-refractivity contribution in [1.82, 2.24) is 9.97 Å². The normalized spacial score (nSPS) is 21.7. The van der Waals surface area contributed by atoms with E-state index in [-0.39, 0.29) is 0 Å². The maximum Gasteiger partial charge on any atom is 0.170 e. The number of rotatable bonds is 4. The molecule has 4 rings (SSSR count). The van der Waals surface area contributed by atoms with Crippen LogP contribution < -0.4 is 4.90 Å². The molecule has 2 aromatic rings. The number of anilines is 1. The minimum Gasteiger partial charge on any atom is -0.356 e. The van der Waals surface area contributed by atoms with Crippen LogP contribution in [0.1, 0.15) is 44.4 Å². The second-order valence-electron chi connectivity index (χ2n) is 7.23. The van der Waals surface area contributed by atoms with Gasteiger partial charge in [0.15, 0.2) is 5.82 Å². The van der Waals surface area contributed by atoms with E-state index in [1.165, 1.54) is 19.3 Å². The molecule has 2 aromatic heterocycles. The zero-order chi connectivity index (χ0) is 18.1. The number of pyridine rings is 2. The summed E-state index contributed by atoms with van der Waals surface area (Å²) >= 11 is 6.48. The van der Waals surface area contributed by atoms with Crippen LogP contribution in [-0.2, 0) is 0 Å². The molecule has 0 amide bonds. The third-order valence-electron chi connectivity index (χ3n) is 5.50. The van der Waals surface area contributed by atoms with Gasteiger partial charge in [0.1, 0.15) is 11.5 Å². The van der Waals surface area contributed by atoms with Crippen molar-refractivity contribution in [2.45, 2.75) is 33.1 Å². The van der Waals surface area contributed by atoms with Crippen molar-refractivity contribution in [3.05, 3.63) is 46.7 Å². The number of aromatic nitrogens is 2. The molecular weight excluding hydrogens is 344 g/mol. The highest BCUT2D eigenvalue weighted by atomic mass is 35.5. The van der Waals surface area contributed by atoms with Crippen LogP contribution in [0.3, 0.4) is 0 Å². The molecule has 2 aliphatic heterocycles. The lowest BCUT2D eigenvalue weighted by Crippen LogP contribution is -2.40. The predicted molar refractivity (Wildman–Crippen MR) is 107 cm³/mol. The lowest BCUT2D eigenvalue weighted by molar-refractivity contribution is 0.281. The Hall–Kier alpha value is -2.16. The lowest BCUT2D eigenvalue weighted by Gasteiger charge is -2.38. The second-order valence-corrected chi connectivity index (χ2v) is 7.64. The van der Waals surface area contributed by atoms with Crippen LogP contribution in [0.15, 0.2) is 35.5 Å². The molecule has 0 aliphatic carbocycles. The molecule has 0 spiro atoms. The summed E-state index contributed by atoms with van der Waals surface area (Å²) in [5.41, 5.74) is 2.51. The molecule has 5 heteroatoms. The number of halogens is 1. The van der Waals surface area contributed by atoms with Crippen LogP contribution in [0.25, 0.3) is 5.57 Å². The first kappa shape index (κ1) is 17.3. The van der Waals surface area contributed by atoms with Crippen molar-refractivity contribution in [2.24, 2.45) is 16.8 Å². The average Bonchev–Trinajstić information content (AvgIpc) is 3.08. The summed E-state index contributed by atoms with van der Waals surface area (Å²) in [4.78, 5) is 15.9. The van der Waals surface area contributed by atoms with Gasteiger partial charge in [-0.2, -0.15) is 4.99 Å². The maximum atomic E-state index is 6.48. The predicted octanol–water partition coefficient (Wildman–Crippen LogP) is 5.14. The first-order chi connectivity index (χ1) is 12.7. The van der Waals surface area contributed by atoms with Crippen molar-refractivity contribution in [3.63, 3.8) is 0 Å². The van der Waals surface area contributed by atoms with Gasteiger partial charge in [-0.3, -0.25) is 0 Å². The largest absolute Gasteiger partial charge is 0.356 e. The van der Waals surface area contributed by atoms with Gasteiger partial charge < -0.3 is 4.90 Å². The molecule has 1 fully saturated rings. The zero-order valence-corrected chi connectivity index (χ0v) is 16.0. The fourth-order valence-corrected chi connectivity index (χ4v) is 4.12. The summed E-state index contributed by atoms with van der Waals surface area (Å²) in [7, 11) is 0. The maximum absolute atomic E-state index is 6.48. The van der Waals surface area contributed by atoms with Gasteiger partial charge in [-0.15, -0.1) is 0 Å². The Morgan fingerprint density at radius 3 is 3.04 bits per heavy atom. The highest BCUT2D eigenvalue weighted by Gasteiger charge is 2.27. The molecule has 1 saturated heterocycles. The number of piperidine rings is 1. The van der Waals surface area contributed by atoms with Crippen LogP contribution in [-0.4, -0.2) is 28.9 Å². The Balaban J connectivity index is 1.65. The van der Waals surface area contributed by atoms with Gasteiger partial charge in [-0.05, 0) is 48.9 Å². The molecule has 0 radical (unpaired) electrons. The smallest absolute Gasteiger partial charge is 0.170 e. The number of hydrogen-bond acceptors (Lipinski definition) is 4. The van der Waals surface area contributed by atoms with E-state index >= 15 is 0 Å². The third-order valence-corrected chi connectivity index (χ3v) is 5.80. The standard InChI is InChI=1S/C21H23ClN4/c1-3-5-15-13-26(11-9-14(15)2)19-8-7-18(22)20(25-19)17-12-24-21-16(17)6-4-10-23-21/h4,6-8,10,14-15H,3,5,9,11,13H2,1-2H3. The molecule has 0 N–H and O–H groups in total. The zero-order valence-electron chi connectivity index (χ0n) is 15.2. The van der Waals surface area contributed by atoms with Gasteiger partial charge in [0.25, 0.3) is 0 Å². The minimum absolute atomic E-state index is 0.624. The number of aliphatic imine (C=N–C) groups is 1. The van der Waals surface area contributed by atoms with Gasteiger partial charge in [0, 0.05) is 30.7 Å². The number of hydrogen-bond donors (Lipinski definition) is 0. The first-order valence-corrected chi connectivity index (χ1v) is 9.76. The fraction of sp³-hybridized carbons (Fsp3) is 0.429. The average molecular weight is 367 g/mol. The minimum atomic E-state index is 0.624. The van der Waals surface area contributed by atoms with E-state index in [2.05, 4.69) is 34.6 Å². The lowest BCUT2D eigenvalue weighted by atomic mass is 9.84. The highest BCUT2D eigenvalue weighted by molar-refractivity contribution is 6.33. The van der Waals surface area contributed by atoms with E-state index in [1.807, 2.05) is 24.3 Å². The molecule has 0 saturated carbocycles. The van der Waals surface area contributed by atoms with E-state index in [1.54, 1.807) is 6.20 Å². The van der Waals surface area contributed by atoms with E-state index in [4.69, 9.17) is 16.6 Å². The quantitative estimate of drug-likeness (QED) is 0.642. The summed E-state index contributed by atoms with van der Waals surface area (Å²) in [5, 5.41) is 0.624. The number of nitrogens with zero attached hydrogens (tertiary/aromatic N) is 4. The van der Waals surface area contributed by atoms with Gasteiger partial charge in [0.05, 0.1) is 10.6 Å². The Bertz CT molecular complexity index is 885. The Kier molecular flexibility index (Phi) is 4.80. The first-order valence-electron chi connectivity index (χ1n) is 9.38. The van der Waals surface area contributed by atoms with Crippen LogP contribution in [0, 0.1) is 11.8 Å². The molecule has 2 aliphatic rings. The van der Waals surface area contributed by atoms with Crippen molar-refractivity contribution < 1.29 is 0 Å². The molecule has 2 atom stereocenters. The third kappa shape index (κ3) is 3.15. The molecule has 4 nitrogen and oxygen atoms in total. The van der Waals surface area contributed by atoms with E-state index < -0.39 is 0 Å². The highest BCUT2D eigenvalue weighted by Crippen LogP contribution is 2.36. The van der Waals surface area contributed by atoms with E-state index in [9.17, 15) is 0 Å². The van der Waals surface area contributed by atoms with Gasteiger partial charge in [-0.1, -0.05) is 31.9 Å². The molecular formula is C21H23ClN4. The molecule has 4 heterocycles. The number of fused-ring (bicyclic) bond motifs is 1. The summed E-state index contributed by atoms with van der Waals surface area (Å²) < 4.78 is 0. The van der Waals surface area contributed by atoms with Crippen molar-refractivity contribution in [1.29, 1.82) is 0 Å². The Morgan fingerprint density at radius 2 is 2.19 bits per heavy atom. The second kappa shape index (κ2) is 7.22. The summed E-state index contributed by atoms with van der Waals surface area (Å²) in [6.45, 7) is 6.75. The molecule has 0 aromatic carbocycles. The van der Waals surface area contributed by atoms with Crippen LogP contribution in [0.5, 0.6) is 0 Å². The van der Waals surface area contributed by atoms with Gasteiger partial charge in [0.2, 0.25) is 0 Å². The molecule has 26 heavy (non-hydrogen) atoms. The molecule has 134 valence electrons. The summed E-state index contributed by atoms with van der Waals surface area (Å²) in [6.07, 6.45) is 5.45. The van der Waals surface area contributed by atoms with E-state index in [0.717, 1.165) is 47.6 Å². The van der Waals surface area contributed by atoms with Crippen LogP contribution in [0.4, 0.5) is 11.6 Å². The van der Waals surface area contributed by atoms with Crippen molar-refractivity contribution in [2.75, 3.05) is 18.0 Å². The van der Waals surface area contributed by atoms with Crippen molar-refractivity contribution in [3.8, 4) is 0 Å². The summed E-state index contributed by atoms with van der Waals surface area (Å²) in [5.74, 6) is 6.24. The fourth-order valence-electron chi connectivity index (χ4n) is 3.92. The van der Waals surface area contributed by atoms with Crippen LogP contribution >= 0.6 is 11.6 Å². The molecule has 2 unspecified atom stereocenters. The molecule has 0 bridgehead atoms. The SMILES string of the molecule is CCCC1CN(c2ccc(Cl)c(C3=C=Nc4ncccc43)n2)CCC1C. The topological polar surface area (TPSA) is 41.4 Å². The van der Waals surface area contributed by atoms with Crippen molar-refractivity contribution >= 4 is 34.7 Å². The van der Waals surface area contributed by atoms with Gasteiger partial charge in [-0.25, -0.2) is 9.97 Å². The van der Waals surface area contributed by atoms with Crippen LogP contribution in [0.2, 0.25) is 5.02 Å².